The van der Waals surface area contributed by atoms with Gasteiger partial charge in [-0.2, -0.15) is 21.0 Å². The summed E-state index contributed by atoms with van der Waals surface area (Å²) in [6.45, 7) is 0. The lowest BCUT2D eigenvalue weighted by atomic mass is 9.92. The smallest absolute Gasteiger partial charge is 0.0717 e. The number of nitriles is 4. The zero-order valence-electron chi connectivity index (χ0n) is 81.3. The van der Waals surface area contributed by atoms with Crippen molar-refractivity contribution in [1.29, 1.82) is 21.0 Å². The predicted octanol–water partition coefficient (Wildman–Crippen LogP) is 47.7. The third kappa shape index (κ3) is 32.4. The fourth-order valence-electron chi connectivity index (χ4n) is 14.6. The van der Waals surface area contributed by atoms with Crippen molar-refractivity contribution in [3.8, 4) is 91.0 Å². The summed E-state index contributed by atoms with van der Waals surface area (Å²) < 4.78 is 40.8. The maximum absolute atomic E-state index is 9.32. The summed E-state index contributed by atoms with van der Waals surface area (Å²) >= 11 is 75.8. The second-order valence-electron chi connectivity index (χ2n) is 31.3. The van der Waals surface area contributed by atoms with Crippen LogP contribution < -0.4 is 0 Å². The maximum atomic E-state index is 9.32. The first-order valence-corrected chi connectivity index (χ1v) is 83.7. The second-order valence-corrected chi connectivity index (χ2v) is 77.9. The Hall–Kier alpha value is 1.82. The van der Waals surface area contributed by atoms with E-state index in [1.807, 2.05) is 470 Å². The average molecular weight is 2700 g/mol. The van der Waals surface area contributed by atoms with Gasteiger partial charge < -0.3 is 0 Å². The summed E-state index contributed by atoms with van der Waals surface area (Å²) in [7, 11) is 0. The summed E-state index contributed by atoms with van der Waals surface area (Å²) in [4.78, 5) is 0. The number of rotatable bonds is 46. The summed E-state index contributed by atoms with van der Waals surface area (Å²) in [6, 6.07) is 79.6. The van der Waals surface area contributed by atoms with Crippen molar-refractivity contribution < 1.29 is 0 Å². The average Bonchev–Trinajstić information content (AvgIpc) is 1.23. The number of hydrogen-bond donors (Lipinski definition) is 0. The molecule has 0 aromatic heterocycles. The van der Waals surface area contributed by atoms with E-state index >= 15 is 0 Å². The number of hydrogen-bond acceptors (Lipinski definition) is 44. The SMILES string of the molecule is CSC1=C(SCCC#N)S/C(=C2/SC(SC)=C(SCc3cccc(-c4cc(-c5cccc(CSC6=C(SC)S/C(=C7\SC(SC)=C(SCCC#N)S7)S6)c5)cc(-c5cccc(CSC6=C(SC)S/C(=C7\SC(SC)=C(SCc8cccc(-c9cc(-c%10cccc(CSC%11=C(SC)S/C(=C%12\SC(SC)=C(SCCC#N)S%12)S%11)c%10)cc(-c%10cccc(CSC%11=C(SC)S/C(=C%12\SC(SC)=C(SCCC#N)S%12)S%11)c%10)c9)c8)S7)S6)c5)c4)c3)S2)S1. The molecule has 44 heteroatoms. The molecule has 8 aromatic carbocycles. The van der Waals surface area contributed by atoms with Crippen LogP contribution in [0.25, 0.3) is 66.8 Å². The van der Waals surface area contributed by atoms with Crippen LogP contribution in [0.3, 0.4) is 0 Å². The molecular formula is C106H88N4S40. The van der Waals surface area contributed by atoms with Gasteiger partial charge in [-0.05, 0) is 199 Å². The van der Waals surface area contributed by atoms with Crippen molar-refractivity contribution in [1.82, 2.24) is 0 Å². The molecular weight excluding hydrogens is 2610 g/mol. The minimum atomic E-state index is 0.554. The van der Waals surface area contributed by atoms with Gasteiger partial charge in [-0.25, -0.2) is 0 Å². The molecule has 0 saturated carbocycles. The Labute approximate surface area is 1050 Å². The van der Waals surface area contributed by atoms with E-state index in [9.17, 15) is 21.0 Å². The molecule has 8 aromatic rings. The first-order chi connectivity index (χ1) is 73.5. The predicted molar refractivity (Wildman–Crippen MR) is 756 cm³/mol. The van der Waals surface area contributed by atoms with Crippen molar-refractivity contribution in [3.05, 3.63) is 342 Å². The molecule has 0 N–H and O–H groups in total. The first kappa shape index (κ1) is 121. The lowest BCUT2D eigenvalue weighted by Gasteiger charge is -2.14. The van der Waals surface area contributed by atoms with E-state index in [2.05, 4.69) is 269 Å². The molecule has 10 aliphatic heterocycles. The van der Waals surface area contributed by atoms with E-state index in [1.54, 1.807) is 0 Å². The van der Waals surface area contributed by atoms with Crippen LogP contribution in [-0.4, -0.2) is 85.6 Å². The fraction of sp³-hybridized carbons (Fsp3) is 0.226. The third-order valence-corrected chi connectivity index (χ3v) is 78.3. The van der Waals surface area contributed by atoms with E-state index in [4.69, 9.17) is 0 Å². The lowest BCUT2D eigenvalue weighted by Crippen LogP contribution is -1.90. The van der Waals surface area contributed by atoms with Gasteiger partial charge in [0.25, 0.3) is 0 Å². The molecule has 4 nitrogen and oxygen atoms in total. The highest BCUT2D eigenvalue weighted by molar-refractivity contribution is 8.50. The molecule has 10 aliphatic rings. The second kappa shape index (κ2) is 61.9. The largest absolute Gasteiger partial charge is 0.198 e. The molecule has 0 atom stereocenters. The number of thioether (sulfide) groups is 40. The Bertz CT molecular complexity index is 6490. The van der Waals surface area contributed by atoms with Crippen LogP contribution in [0.2, 0.25) is 0 Å². The Morgan fingerprint density at radius 1 is 0.160 bits per heavy atom. The van der Waals surface area contributed by atoms with Crippen LogP contribution in [0.5, 0.6) is 0 Å². The molecule has 0 saturated heterocycles. The topological polar surface area (TPSA) is 95.2 Å². The van der Waals surface area contributed by atoms with E-state index < -0.39 is 0 Å². The molecule has 0 bridgehead atoms. The Kier molecular flexibility index (Phi) is 50.0. The fourth-order valence-corrected chi connectivity index (χ4v) is 69.7. The summed E-state index contributed by atoms with van der Waals surface area (Å²) in [5, 5.41) is 37.3. The molecule has 150 heavy (non-hydrogen) atoms. The Morgan fingerprint density at radius 3 is 0.413 bits per heavy atom. The zero-order chi connectivity index (χ0) is 104. The molecule has 0 aliphatic carbocycles. The van der Waals surface area contributed by atoms with Crippen molar-refractivity contribution in [2.75, 3.05) is 85.6 Å². The van der Waals surface area contributed by atoms with Gasteiger partial charge in [0.1, 0.15) is 0 Å². The van der Waals surface area contributed by atoms with Crippen LogP contribution in [0.1, 0.15) is 59.1 Å². The van der Waals surface area contributed by atoms with E-state index in [0.29, 0.717) is 25.7 Å². The van der Waals surface area contributed by atoms with Crippen LogP contribution >= 0.6 is 470 Å². The van der Waals surface area contributed by atoms with Gasteiger partial charge in [-0.3, -0.25) is 0 Å². The van der Waals surface area contributed by atoms with Gasteiger partial charge in [-0.1, -0.05) is 381 Å². The molecule has 0 amide bonds. The number of nitrogens with zero attached hydrogens (tertiary/aromatic N) is 4. The number of benzene rings is 8. The van der Waals surface area contributed by atoms with Crippen molar-refractivity contribution in [2.45, 2.75) is 60.2 Å². The summed E-state index contributed by atoms with van der Waals surface area (Å²) in [5.74, 6) is 8.40. The van der Waals surface area contributed by atoms with Crippen LogP contribution in [0.4, 0.5) is 0 Å². The standard InChI is InChI=1S/C106H88N4S40/c1-111-77-87(121-37-17-33-107)141-97(131-77)101-135-81(115-5)91(145-101)125-53-59-21-11-27-65(41-59)71-47-72(66-28-12-22-60(42-66)54-126-92-82(116-6)136-102(146-92)98-132-78(112-2)88(142-98)122-38-18-34-108)50-75(49-71)69-31-15-25-63(45-69)57-129-95-85(119-9)139-105(149-95)106-140-86(120-10)96(150-106)130-58-64-26-16-32-70(46-64)76-51-73(67-29-13-23-61(43-67)55-127-93-83(117-7)137-103(147-93)99-133-79(113-3)89(143-99)123-39-19-35-109)48-74(52-76)68-30-14-24-62(44-68)56-128-94-84(118-8)138-104(148-94)100-134-80(114-4)90(144-100)124-40-20-36-110/h11-16,21-32,41-52H,17-20,37-40,53-58H2,1-10H3/b101-97-,102-98-,103-99-,104-100-,106-105-. The van der Waals surface area contributed by atoms with Crippen molar-refractivity contribution in [3.63, 3.8) is 0 Å². The van der Waals surface area contributed by atoms with Crippen LogP contribution in [-0.2, 0) is 34.5 Å². The first-order valence-electron chi connectivity index (χ1n) is 45.3. The molecule has 10 heterocycles. The van der Waals surface area contributed by atoms with Crippen LogP contribution in [0, 0.1) is 45.3 Å². The molecule has 0 radical (unpaired) electrons. The molecule has 18 rings (SSSR count). The lowest BCUT2D eigenvalue weighted by molar-refractivity contribution is 1.24. The van der Waals surface area contributed by atoms with Gasteiger partial charge in [0.05, 0.1) is 151 Å². The summed E-state index contributed by atoms with van der Waals surface area (Å²) in [6.07, 6.45) is 24.2. The van der Waals surface area contributed by atoms with Crippen molar-refractivity contribution >= 4 is 470 Å². The quantitative estimate of drug-likeness (QED) is 0.0338. The van der Waals surface area contributed by atoms with Gasteiger partial charge in [0.15, 0.2) is 0 Å². The van der Waals surface area contributed by atoms with Crippen molar-refractivity contribution in [2.24, 2.45) is 0 Å². The van der Waals surface area contributed by atoms with Gasteiger partial charge in [0, 0.05) is 83.2 Å². The molecule has 0 fully saturated rings. The normalized spacial score (nSPS) is 19.6. The highest BCUT2D eigenvalue weighted by Crippen LogP contribution is 2.73. The maximum Gasteiger partial charge on any atom is 0.0717 e. The highest BCUT2D eigenvalue weighted by Gasteiger charge is 2.38. The molecule has 0 spiro atoms. The minimum absolute atomic E-state index is 0.554. The third-order valence-electron chi connectivity index (χ3n) is 21.5. The molecule has 0 unspecified atom stereocenters. The summed E-state index contributed by atoms with van der Waals surface area (Å²) in [5.41, 5.74) is 22.2. The van der Waals surface area contributed by atoms with Crippen LogP contribution in [0.15, 0.2) is 309 Å². The highest BCUT2D eigenvalue weighted by atomic mass is 32.3. The Balaban J connectivity index is 0.564. The minimum Gasteiger partial charge on any atom is -0.198 e. The van der Waals surface area contributed by atoms with Gasteiger partial charge in [0.2, 0.25) is 0 Å². The van der Waals surface area contributed by atoms with E-state index in [-0.39, 0.29) is 0 Å². The Morgan fingerprint density at radius 2 is 0.287 bits per heavy atom. The zero-order valence-corrected chi connectivity index (χ0v) is 114. The monoisotopic (exact) mass is 2700 g/mol. The van der Waals surface area contributed by atoms with E-state index in [1.165, 1.54) is 227 Å². The van der Waals surface area contributed by atoms with Gasteiger partial charge in [-0.15, -0.1) is 235 Å². The molecule has 772 valence electrons. The van der Waals surface area contributed by atoms with Gasteiger partial charge >= 0.3 is 0 Å². The van der Waals surface area contributed by atoms with E-state index in [0.717, 1.165) is 57.5 Å².